The molecular weight excluding hydrogens is 272 g/mol. The van der Waals surface area contributed by atoms with E-state index in [-0.39, 0.29) is 5.69 Å². The minimum Gasteiger partial charge on any atom is -0.446 e. The zero-order valence-electron chi connectivity index (χ0n) is 11.5. The molecule has 0 aliphatic rings. The Labute approximate surface area is 120 Å². The Balaban J connectivity index is 2.05. The number of benzene rings is 1. The number of aromatic nitrogens is 2. The van der Waals surface area contributed by atoms with Crippen LogP contribution < -0.4 is 4.90 Å². The molecule has 7 nitrogen and oxygen atoms in total. The fourth-order valence-electron chi connectivity index (χ4n) is 2.17. The predicted octanol–water partition coefficient (Wildman–Crippen LogP) is 3.21. The van der Waals surface area contributed by atoms with Crippen LogP contribution in [0.4, 0.5) is 17.2 Å². The number of rotatable bonds is 3. The van der Waals surface area contributed by atoms with Crippen LogP contribution in [0.1, 0.15) is 5.56 Å². The molecule has 0 amide bonds. The van der Waals surface area contributed by atoms with Gasteiger partial charge in [0.15, 0.2) is 0 Å². The number of nitrogens with zero attached hydrogens (tertiary/aromatic N) is 4. The quantitative estimate of drug-likeness (QED) is 0.542. The zero-order valence-corrected chi connectivity index (χ0v) is 11.5. The van der Waals surface area contributed by atoms with Crippen LogP contribution in [0.15, 0.2) is 41.3 Å². The second-order valence-electron chi connectivity index (χ2n) is 4.63. The molecule has 0 unspecified atom stereocenters. The van der Waals surface area contributed by atoms with Crippen LogP contribution in [0.2, 0.25) is 0 Å². The second-order valence-corrected chi connectivity index (χ2v) is 4.63. The van der Waals surface area contributed by atoms with Gasteiger partial charge in [0.05, 0.1) is 16.6 Å². The number of nitro benzene ring substituents is 1. The minimum absolute atomic E-state index is 0.0551. The van der Waals surface area contributed by atoms with Crippen molar-refractivity contribution in [1.29, 1.82) is 0 Å². The van der Waals surface area contributed by atoms with E-state index in [9.17, 15) is 10.1 Å². The fourth-order valence-corrected chi connectivity index (χ4v) is 2.17. The van der Waals surface area contributed by atoms with Crippen molar-refractivity contribution in [3.63, 3.8) is 0 Å². The number of furan rings is 1. The first-order chi connectivity index (χ1) is 10.1. The average molecular weight is 284 g/mol. The Hall–Kier alpha value is -2.96. The van der Waals surface area contributed by atoms with Gasteiger partial charge in [0.2, 0.25) is 5.71 Å². The lowest BCUT2D eigenvalue weighted by Gasteiger charge is -2.18. The summed E-state index contributed by atoms with van der Waals surface area (Å²) in [5, 5.41) is 11.5. The van der Waals surface area contributed by atoms with E-state index in [1.165, 1.54) is 18.5 Å². The van der Waals surface area contributed by atoms with Crippen molar-refractivity contribution < 1.29 is 9.34 Å². The van der Waals surface area contributed by atoms with Crippen molar-refractivity contribution in [3.05, 3.63) is 52.5 Å². The van der Waals surface area contributed by atoms with Gasteiger partial charge in [-0.15, -0.1) is 0 Å². The van der Waals surface area contributed by atoms with Crippen LogP contribution in [0.3, 0.4) is 0 Å². The smallest absolute Gasteiger partial charge is 0.269 e. The summed E-state index contributed by atoms with van der Waals surface area (Å²) < 4.78 is 5.36. The molecular formula is C14H12N4O3. The van der Waals surface area contributed by atoms with Gasteiger partial charge in [-0.3, -0.25) is 10.1 Å². The highest BCUT2D eigenvalue weighted by Crippen LogP contribution is 2.31. The summed E-state index contributed by atoms with van der Waals surface area (Å²) in [6.45, 7) is 1.92. The van der Waals surface area contributed by atoms with Gasteiger partial charge < -0.3 is 9.32 Å². The number of hydrogen-bond donors (Lipinski definition) is 0. The van der Waals surface area contributed by atoms with Crippen LogP contribution >= 0.6 is 0 Å². The lowest BCUT2D eigenvalue weighted by molar-refractivity contribution is -0.384. The molecule has 2 heterocycles. The van der Waals surface area contributed by atoms with Crippen molar-refractivity contribution in [2.24, 2.45) is 0 Å². The van der Waals surface area contributed by atoms with E-state index in [1.807, 2.05) is 18.9 Å². The molecule has 3 aromatic rings. The molecule has 0 radical (unpaired) electrons. The minimum atomic E-state index is -0.424. The molecule has 21 heavy (non-hydrogen) atoms. The van der Waals surface area contributed by atoms with E-state index in [4.69, 9.17) is 4.42 Å². The summed E-state index contributed by atoms with van der Waals surface area (Å²) in [5.41, 5.74) is 2.31. The van der Waals surface area contributed by atoms with Gasteiger partial charge >= 0.3 is 0 Å². The van der Waals surface area contributed by atoms with E-state index in [0.29, 0.717) is 11.5 Å². The third kappa shape index (κ3) is 2.18. The predicted molar refractivity (Wildman–Crippen MR) is 77.7 cm³/mol. The first kappa shape index (κ1) is 13.0. The Morgan fingerprint density at radius 2 is 1.95 bits per heavy atom. The van der Waals surface area contributed by atoms with Gasteiger partial charge in [-0.1, -0.05) is 0 Å². The number of fused-ring (bicyclic) bond motifs is 1. The third-order valence-electron chi connectivity index (χ3n) is 3.30. The Morgan fingerprint density at radius 1 is 1.24 bits per heavy atom. The monoisotopic (exact) mass is 284 g/mol. The van der Waals surface area contributed by atoms with Gasteiger partial charge in [-0.05, 0) is 19.1 Å². The van der Waals surface area contributed by atoms with Gasteiger partial charge in [-0.2, -0.15) is 0 Å². The van der Waals surface area contributed by atoms with E-state index in [2.05, 4.69) is 9.97 Å². The number of non-ortho nitro benzene ring substituents is 1. The van der Waals surface area contributed by atoms with Crippen molar-refractivity contribution >= 4 is 28.3 Å². The molecule has 0 aliphatic carbocycles. The maximum atomic E-state index is 10.7. The molecule has 0 spiro atoms. The highest BCUT2D eigenvalue weighted by atomic mass is 16.6. The van der Waals surface area contributed by atoms with E-state index >= 15 is 0 Å². The van der Waals surface area contributed by atoms with Crippen molar-refractivity contribution in [3.8, 4) is 0 Å². The standard InChI is InChI=1S/C14H12N4O3/c1-9-7-21-14-12(9)13(15-8-16-14)17(2)10-3-5-11(6-4-10)18(19)20/h3-8H,1-2H3. The molecule has 0 atom stereocenters. The molecule has 2 aromatic heterocycles. The molecule has 0 saturated carbocycles. The highest BCUT2D eigenvalue weighted by Gasteiger charge is 2.15. The zero-order chi connectivity index (χ0) is 15.0. The van der Waals surface area contributed by atoms with Gasteiger partial charge in [0.25, 0.3) is 5.69 Å². The summed E-state index contributed by atoms with van der Waals surface area (Å²) in [6, 6.07) is 6.29. The molecule has 3 rings (SSSR count). The van der Waals surface area contributed by atoms with Crippen molar-refractivity contribution in [2.75, 3.05) is 11.9 Å². The van der Waals surface area contributed by atoms with Crippen LogP contribution in [0.25, 0.3) is 11.1 Å². The molecule has 0 saturated heterocycles. The average Bonchev–Trinajstić information content (AvgIpc) is 2.88. The van der Waals surface area contributed by atoms with E-state index in [1.54, 1.807) is 18.4 Å². The summed E-state index contributed by atoms with van der Waals surface area (Å²) >= 11 is 0. The summed E-state index contributed by atoms with van der Waals surface area (Å²) in [4.78, 5) is 20.5. The second kappa shape index (κ2) is 4.86. The number of anilines is 2. The van der Waals surface area contributed by atoms with E-state index < -0.39 is 4.92 Å². The molecule has 0 fully saturated rings. The third-order valence-corrected chi connectivity index (χ3v) is 3.30. The number of hydrogen-bond acceptors (Lipinski definition) is 6. The Bertz CT molecular complexity index is 811. The summed E-state index contributed by atoms with van der Waals surface area (Å²) in [5.74, 6) is 0.695. The molecule has 7 heteroatoms. The molecule has 0 aliphatic heterocycles. The van der Waals surface area contributed by atoms with Crippen LogP contribution in [0.5, 0.6) is 0 Å². The number of aryl methyl sites for hydroxylation is 1. The van der Waals surface area contributed by atoms with Crippen molar-refractivity contribution in [1.82, 2.24) is 9.97 Å². The fraction of sp³-hybridized carbons (Fsp3) is 0.143. The molecule has 106 valence electrons. The topological polar surface area (TPSA) is 85.3 Å². The van der Waals surface area contributed by atoms with Gasteiger partial charge in [-0.25, -0.2) is 9.97 Å². The van der Waals surface area contributed by atoms with E-state index in [0.717, 1.165) is 16.6 Å². The van der Waals surface area contributed by atoms with Gasteiger partial charge in [0.1, 0.15) is 12.1 Å². The lowest BCUT2D eigenvalue weighted by atomic mass is 10.2. The first-order valence-corrected chi connectivity index (χ1v) is 6.25. The highest BCUT2D eigenvalue weighted by molar-refractivity contribution is 5.91. The van der Waals surface area contributed by atoms with Gasteiger partial charge in [0, 0.05) is 30.4 Å². The molecule has 0 bridgehead atoms. The number of nitro groups is 1. The maximum absolute atomic E-state index is 10.7. The first-order valence-electron chi connectivity index (χ1n) is 6.25. The van der Waals surface area contributed by atoms with Crippen molar-refractivity contribution in [2.45, 2.75) is 6.92 Å². The Kier molecular flexibility index (Phi) is 3.02. The Morgan fingerprint density at radius 3 is 2.62 bits per heavy atom. The van der Waals surface area contributed by atoms with Crippen LogP contribution in [-0.4, -0.2) is 21.9 Å². The largest absolute Gasteiger partial charge is 0.446 e. The van der Waals surface area contributed by atoms with Crippen LogP contribution in [0, 0.1) is 17.0 Å². The maximum Gasteiger partial charge on any atom is 0.269 e. The van der Waals surface area contributed by atoms with Crippen LogP contribution in [-0.2, 0) is 0 Å². The summed E-state index contributed by atoms with van der Waals surface area (Å²) in [7, 11) is 1.84. The normalized spacial score (nSPS) is 10.8. The molecule has 1 aromatic carbocycles. The summed E-state index contributed by atoms with van der Waals surface area (Å²) in [6.07, 6.45) is 3.06. The molecule has 0 N–H and O–H groups in total. The lowest BCUT2D eigenvalue weighted by Crippen LogP contribution is -2.11. The SMILES string of the molecule is Cc1coc2ncnc(N(C)c3ccc([N+](=O)[O-])cc3)c12.